The molecule has 5 heteroatoms. The molecule has 3 N–H and O–H groups in total. The van der Waals surface area contributed by atoms with Crippen LogP contribution < -0.4 is 5.73 Å². The van der Waals surface area contributed by atoms with E-state index in [1.807, 2.05) is 19.2 Å². The number of hydrogen-bond acceptors (Lipinski definition) is 3. The number of aryl methyl sites for hydroxylation is 1. The van der Waals surface area contributed by atoms with Crippen LogP contribution in [0.15, 0.2) is 29.6 Å². The van der Waals surface area contributed by atoms with Gasteiger partial charge in [0.05, 0.1) is 11.2 Å². The first-order valence-electron chi connectivity index (χ1n) is 4.15. The molecule has 0 fully saturated rings. The summed E-state index contributed by atoms with van der Waals surface area (Å²) in [5, 5.41) is 15.8. The zero-order chi connectivity index (χ0) is 10.1. The number of pyridine rings is 1. The molecule has 0 aliphatic heterocycles. The van der Waals surface area contributed by atoms with Crippen LogP contribution >= 0.6 is 0 Å². The maximum absolute atomic E-state index is 8.59. The summed E-state index contributed by atoms with van der Waals surface area (Å²) in [7, 11) is 0. The first-order valence-corrected chi connectivity index (χ1v) is 4.15. The Kier molecular flexibility index (Phi) is 1.85. The second kappa shape index (κ2) is 3.02. The molecule has 0 aromatic carbocycles. The summed E-state index contributed by atoms with van der Waals surface area (Å²) in [5.41, 5.74) is 7.93. The average Bonchev–Trinajstić information content (AvgIpc) is 2.56. The van der Waals surface area contributed by atoms with Crippen LogP contribution in [-0.4, -0.2) is 20.7 Å². The minimum Gasteiger partial charge on any atom is -0.409 e. The van der Waals surface area contributed by atoms with Gasteiger partial charge in [-0.15, -0.1) is 0 Å². The number of nitrogens with two attached hydrogens (primary N) is 1. The lowest BCUT2D eigenvalue weighted by Gasteiger charge is -2.00. The van der Waals surface area contributed by atoms with Gasteiger partial charge in [0.1, 0.15) is 0 Å². The molecule has 2 heterocycles. The quantitative estimate of drug-likeness (QED) is 0.301. The van der Waals surface area contributed by atoms with E-state index in [1.54, 1.807) is 16.6 Å². The Morgan fingerprint density at radius 1 is 1.64 bits per heavy atom. The van der Waals surface area contributed by atoms with E-state index in [9.17, 15) is 0 Å². The highest BCUT2D eigenvalue weighted by Crippen LogP contribution is 2.11. The van der Waals surface area contributed by atoms with E-state index in [-0.39, 0.29) is 5.84 Å². The van der Waals surface area contributed by atoms with Crippen molar-refractivity contribution in [3.05, 3.63) is 35.7 Å². The molecule has 0 saturated carbocycles. The van der Waals surface area contributed by atoms with Crippen molar-refractivity contribution < 1.29 is 5.21 Å². The largest absolute Gasteiger partial charge is 0.409 e. The molecule has 0 amide bonds. The van der Waals surface area contributed by atoms with Crippen molar-refractivity contribution in [3.8, 4) is 0 Å². The van der Waals surface area contributed by atoms with Crippen molar-refractivity contribution in [2.75, 3.05) is 0 Å². The molecular formula is C9H10N4O. The number of hydrogen-bond donors (Lipinski definition) is 2. The fraction of sp³-hybridized carbons (Fsp3) is 0.111. The van der Waals surface area contributed by atoms with Crippen molar-refractivity contribution in [3.63, 3.8) is 0 Å². The number of rotatable bonds is 1. The second-order valence-corrected chi connectivity index (χ2v) is 3.02. The zero-order valence-electron chi connectivity index (χ0n) is 7.68. The predicted octanol–water partition coefficient (Wildman–Crippen LogP) is 0.737. The molecule has 0 atom stereocenters. The Morgan fingerprint density at radius 2 is 2.43 bits per heavy atom. The highest BCUT2D eigenvalue weighted by atomic mass is 16.4. The Labute approximate surface area is 80.5 Å². The van der Waals surface area contributed by atoms with E-state index in [2.05, 4.69) is 10.3 Å². The Morgan fingerprint density at radius 3 is 3.14 bits per heavy atom. The van der Waals surface area contributed by atoms with Gasteiger partial charge in [-0.1, -0.05) is 5.16 Å². The normalized spacial score (nSPS) is 12.2. The van der Waals surface area contributed by atoms with Crippen LogP contribution in [0.25, 0.3) is 5.52 Å². The summed E-state index contributed by atoms with van der Waals surface area (Å²) < 4.78 is 1.70. The molecule has 5 nitrogen and oxygen atoms in total. The van der Waals surface area contributed by atoms with E-state index >= 15 is 0 Å². The van der Waals surface area contributed by atoms with Gasteiger partial charge >= 0.3 is 0 Å². The summed E-state index contributed by atoms with van der Waals surface area (Å²) in [5.74, 6) is 0.0931. The van der Waals surface area contributed by atoms with Crippen LogP contribution in [-0.2, 0) is 0 Å². The Balaban J connectivity index is 2.76. The fourth-order valence-electron chi connectivity index (χ4n) is 1.41. The predicted molar refractivity (Wildman–Crippen MR) is 52.4 cm³/mol. The summed E-state index contributed by atoms with van der Waals surface area (Å²) in [4.78, 5) is 0. The third-order valence-corrected chi connectivity index (χ3v) is 2.01. The van der Waals surface area contributed by atoms with Crippen LogP contribution in [0.5, 0.6) is 0 Å². The summed E-state index contributed by atoms with van der Waals surface area (Å²) in [6.07, 6.45) is 1.82. The molecule has 0 spiro atoms. The van der Waals surface area contributed by atoms with Crippen molar-refractivity contribution in [1.82, 2.24) is 9.61 Å². The first-order chi connectivity index (χ1) is 6.72. The molecule has 0 bridgehead atoms. The topological polar surface area (TPSA) is 75.9 Å². The summed E-state index contributed by atoms with van der Waals surface area (Å²) >= 11 is 0. The molecule has 2 aromatic heterocycles. The highest BCUT2D eigenvalue weighted by molar-refractivity contribution is 6.03. The smallest absolute Gasteiger partial charge is 0.172 e. The van der Waals surface area contributed by atoms with E-state index in [4.69, 9.17) is 10.9 Å². The lowest BCUT2D eigenvalue weighted by molar-refractivity contribution is 0.318. The molecule has 0 aliphatic rings. The van der Waals surface area contributed by atoms with Crippen molar-refractivity contribution >= 4 is 11.4 Å². The molecule has 0 radical (unpaired) electrons. The minimum atomic E-state index is 0.0931. The van der Waals surface area contributed by atoms with Crippen LogP contribution in [0, 0.1) is 6.92 Å². The summed E-state index contributed by atoms with van der Waals surface area (Å²) in [6, 6.07) is 5.46. The SMILES string of the molecule is Cc1cc2c(/C(N)=N\O)cccn2n1. The third-order valence-electron chi connectivity index (χ3n) is 2.01. The van der Waals surface area contributed by atoms with Crippen LogP contribution in [0.2, 0.25) is 0 Å². The van der Waals surface area contributed by atoms with Gasteiger partial charge in [-0.05, 0) is 25.1 Å². The first kappa shape index (κ1) is 8.55. The maximum atomic E-state index is 8.59. The van der Waals surface area contributed by atoms with Gasteiger partial charge in [0, 0.05) is 11.8 Å². The van der Waals surface area contributed by atoms with Gasteiger partial charge < -0.3 is 10.9 Å². The molecule has 0 saturated heterocycles. The fourth-order valence-corrected chi connectivity index (χ4v) is 1.41. The van der Waals surface area contributed by atoms with Gasteiger partial charge in [-0.2, -0.15) is 5.10 Å². The van der Waals surface area contributed by atoms with Gasteiger partial charge in [0.15, 0.2) is 5.84 Å². The van der Waals surface area contributed by atoms with Crippen molar-refractivity contribution in [2.45, 2.75) is 6.92 Å². The van der Waals surface area contributed by atoms with Crippen molar-refractivity contribution in [1.29, 1.82) is 0 Å². The number of nitrogens with zero attached hydrogens (tertiary/aromatic N) is 3. The molecular weight excluding hydrogens is 180 g/mol. The molecule has 2 aromatic rings. The standard InChI is InChI=1S/C9H10N4O/c1-6-5-8-7(9(10)12-14)3-2-4-13(8)11-6/h2-5,14H,1H3,(H2,10,12). The van der Waals surface area contributed by atoms with Gasteiger partial charge in [0.2, 0.25) is 0 Å². The highest BCUT2D eigenvalue weighted by Gasteiger charge is 2.06. The molecule has 0 aliphatic carbocycles. The summed E-state index contributed by atoms with van der Waals surface area (Å²) in [6.45, 7) is 1.89. The lowest BCUT2D eigenvalue weighted by atomic mass is 10.2. The maximum Gasteiger partial charge on any atom is 0.172 e. The molecule has 2 rings (SSSR count). The average molecular weight is 190 g/mol. The van der Waals surface area contributed by atoms with Gasteiger partial charge in [-0.3, -0.25) is 0 Å². The Bertz CT molecular complexity index is 500. The minimum absolute atomic E-state index is 0.0931. The van der Waals surface area contributed by atoms with Crippen molar-refractivity contribution in [2.24, 2.45) is 10.9 Å². The van der Waals surface area contributed by atoms with Crippen LogP contribution in [0.3, 0.4) is 0 Å². The van der Waals surface area contributed by atoms with Gasteiger partial charge in [-0.25, -0.2) is 4.52 Å². The molecule has 72 valence electrons. The second-order valence-electron chi connectivity index (χ2n) is 3.02. The van der Waals surface area contributed by atoms with Crippen LogP contribution in [0.1, 0.15) is 11.3 Å². The molecule has 14 heavy (non-hydrogen) atoms. The monoisotopic (exact) mass is 190 g/mol. The number of oxime groups is 1. The number of fused-ring (bicyclic) bond motifs is 1. The number of amidine groups is 1. The lowest BCUT2D eigenvalue weighted by Crippen LogP contribution is -2.14. The van der Waals surface area contributed by atoms with E-state index in [0.29, 0.717) is 5.56 Å². The molecule has 0 unspecified atom stereocenters. The third kappa shape index (κ3) is 1.19. The number of aromatic nitrogens is 2. The van der Waals surface area contributed by atoms with Gasteiger partial charge in [0.25, 0.3) is 0 Å². The van der Waals surface area contributed by atoms with E-state index in [1.165, 1.54) is 0 Å². The van der Waals surface area contributed by atoms with E-state index in [0.717, 1.165) is 11.2 Å². The zero-order valence-corrected chi connectivity index (χ0v) is 7.68. The van der Waals surface area contributed by atoms with Crippen LogP contribution in [0.4, 0.5) is 0 Å². The van der Waals surface area contributed by atoms with E-state index < -0.39 is 0 Å². The Hall–Kier alpha value is -2.04.